The number of rotatable bonds is 6. The van der Waals surface area contributed by atoms with Crippen molar-refractivity contribution in [1.29, 1.82) is 0 Å². The monoisotopic (exact) mass is 452 g/mol. The number of hydrogen-bond acceptors (Lipinski definition) is 5. The Labute approximate surface area is 195 Å². The standard InChI is InChI=1S/C26H33FN4O2/c1-20(22-6-4-3-5-7-22)29-14-16-31(17-15-29)26(33)19-28-10-12-30(13-11-28)25-9-8-23(21(2)32)18-24(25)27/h3-9,18,20H,10-17,19H2,1-2H3/t20-/m0/s1. The maximum atomic E-state index is 14.5. The highest BCUT2D eigenvalue weighted by atomic mass is 19.1. The lowest BCUT2D eigenvalue weighted by atomic mass is 10.1. The van der Waals surface area contributed by atoms with Gasteiger partial charge >= 0.3 is 0 Å². The van der Waals surface area contributed by atoms with Crippen LogP contribution in [0, 0.1) is 5.82 Å². The molecule has 2 saturated heterocycles. The summed E-state index contributed by atoms with van der Waals surface area (Å²) < 4.78 is 14.5. The maximum Gasteiger partial charge on any atom is 0.236 e. The summed E-state index contributed by atoms with van der Waals surface area (Å²) in [6.45, 7) is 10.1. The molecule has 2 aromatic rings. The van der Waals surface area contributed by atoms with E-state index in [1.54, 1.807) is 12.1 Å². The molecule has 2 aliphatic rings. The van der Waals surface area contributed by atoms with Gasteiger partial charge in [-0.2, -0.15) is 0 Å². The molecule has 0 radical (unpaired) electrons. The Kier molecular flexibility index (Phi) is 7.40. The van der Waals surface area contributed by atoms with Gasteiger partial charge in [0, 0.05) is 64.0 Å². The number of piperazine rings is 2. The van der Waals surface area contributed by atoms with Crippen LogP contribution in [0.4, 0.5) is 10.1 Å². The van der Waals surface area contributed by atoms with Crippen LogP contribution in [-0.2, 0) is 4.79 Å². The maximum absolute atomic E-state index is 14.5. The minimum atomic E-state index is -0.366. The van der Waals surface area contributed by atoms with Gasteiger partial charge in [0.05, 0.1) is 12.2 Å². The summed E-state index contributed by atoms with van der Waals surface area (Å²) in [5.74, 6) is -0.332. The van der Waals surface area contributed by atoms with Crippen molar-refractivity contribution in [1.82, 2.24) is 14.7 Å². The fraction of sp³-hybridized carbons (Fsp3) is 0.462. The van der Waals surface area contributed by atoms with Crippen LogP contribution in [0.5, 0.6) is 0 Å². The molecule has 0 unspecified atom stereocenters. The minimum Gasteiger partial charge on any atom is -0.367 e. The SMILES string of the molecule is CC(=O)c1ccc(N2CCN(CC(=O)N3CCN([C@@H](C)c4ccccc4)CC3)CC2)c(F)c1. The van der Waals surface area contributed by atoms with Gasteiger partial charge < -0.3 is 9.80 Å². The van der Waals surface area contributed by atoms with Gasteiger partial charge in [-0.3, -0.25) is 19.4 Å². The number of anilines is 1. The summed E-state index contributed by atoms with van der Waals surface area (Å²) in [6, 6.07) is 15.5. The first kappa shape index (κ1) is 23.4. The number of Topliss-reactive ketones (excluding diaryl/α,β-unsaturated/α-hetero) is 1. The van der Waals surface area contributed by atoms with E-state index in [0.29, 0.717) is 50.0 Å². The third-order valence-electron chi connectivity index (χ3n) is 6.92. The van der Waals surface area contributed by atoms with Gasteiger partial charge in [0.1, 0.15) is 5.82 Å². The first-order valence-corrected chi connectivity index (χ1v) is 11.8. The normalized spacial score (nSPS) is 18.9. The fourth-order valence-electron chi connectivity index (χ4n) is 4.72. The molecule has 1 atom stereocenters. The lowest BCUT2D eigenvalue weighted by Gasteiger charge is -2.40. The van der Waals surface area contributed by atoms with Gasteiger partial charge in [-0.25, -0.2) is 4.39 Å². The van der Waals surface area contributed by atoms with Crippen LogP contribution >= 0.6 is 0 Å². The number of carbonyl (C=O) groups is 2. The lowest BCUT2D eigenvalue weighted by molar-refractivity contribution is -0.134. The summed E-state index contributed by atoms with van der Waals surface area (Å²) in [7, 11) is 0. The molecule has 2 aromatic carbocycles. The van der Waals surface area contributed by atoms with Crippen molar-refractivity contribution in [3.05, 3.63) is 65.5 Å². The topological polar surface area (TPSA) is 47.1 Å². The minimum absolute atomic E-state index is 0.140. The molecule has 176 valence electrons. The van der Waals surface area contributed by atoms with E-state index in [-0.39, 0.29) is 17.5 Å². The predicted molar refractivity (Wildman–Crippen MR) is 128 cm³/mol. The van der Waals surface area contributed by atoms with Crippen LogP contribution in [0.1, 0.15) is 35.8 Å². The lowest BCUT2D eigenvalue weighted by Crippen LogP contribution is -2.54. The van der Waals surface area contributed by atoms with Gasteiger partial charge in [-0.05, 0) is 37.6 Å². The average molecular weight is 453 g/mol. The van der Waals surface area contributed by atoms with E-state index < -0.39 is 0 Å². The molecule has 0 N–H and O–H groups in total. The van der Waals surface area contributed by atoms with E-state index >= 15 is 0 Å². The van der Waals surface area contributed by atoms with Crippen LogP contribution < -0.4 is 4.90 Å². The van der Waals surface area contributed by atoms with E-state index in [1.165, 1.54) is 18.6 Å². The molecule has 33 heavy (non-hydrogen) atoms. The van der Waals surface area contributed by atoms with Crippen molar-refractivity contribution < 1.29 is 14.0 Å². The average Bonchev–Trinajstić information content (AvgIpc) is 2.84. The number of hydrogen-bond donors (Lipinski definition) is 0. The van der Waals surface area contributed by atoms with Gasteiger partial charge in [-0.1, -0.05) is 30.3 Å². The summed E-state index contributed by atoms with van der Waals surface area (Å²) in [6.07, 6.45) is 0. The molecule has 0 bridgehead atoms. The van der Waals surface area contributed by atoms with Crippen molar-refractivity contribution in [2.75, 3.05) is 63.8 Å². The van der Waals surface area contributed by atoms with Crippen LogP contribution in [0.3, 0.4) is 0 Å². The second-order valence-electron chi connectivity index (χ2n) is 8.99. The molecule has 0 aliphatic carbocycles. The van der Waals surface area contributed by atoms with E-state index in [0.717, 1.165) is 26.2 Å². The van der Waals surface area contributed by atoms with Crippen LogP contribution in [0.15, 0.2) is 48.5 Å². The molecule has 0 saturated carbocycles. The van der Waals surface area contributed by atoms with Crippen LogP contribution in [0.25, 0.3) is 0 Å². The molecule has 7 heteroatoms. The highest BCUT2D eigenvalue weighted by molar-refractivity contribution is 5.94. The van der Waals surface area contributed by atoms with Crippen molar-refractivity contribution in [3.8, 4) is 0 Å². The Morgan fingerprint density at radius 2 is 1.58 bits per heavy atom. The van der Waals surface area contributed by atoms with Crippen molar-refractivity contribution in [2.45, 2.75) is 19.9 Å². The first-order valence-electron chi connectivity index (χ1n) is 11.8. The summed E-state index contributed by atoms with van der Waals surface area (Å²) in [5, 5.41) is 0. The Balaban J connectivity index is 1.23. The van der Waals surface area contributed by atoms with Crippen LogP contribution in [-0.4, -0.2) is 85.3 Å². The number of carbonyl (C=O) groups excluding carboxylic acids is 2. The molecule has 2 aliphatic heterocycles. The Morgan fingerprint density at radius 1 is 0.909 bits per heavy atom. The summed E-state index contributed by atoms with van der Waals surface area (Å²) in [5.41, 5.74) is 2.22. The quantitative estimate of drug-likeness (QED) is 0.631. The van der Waals surface area contributed by atoms with Crippen molar-refractivity contribution >= 4 is 17.4 Å². The third-order valence-corrected chi connectivity index (χ3v) is 6.92. The van der Waals surface area contributed by atoms with Gasteiger partial charge in [0.15, 0.2) is 5.78 Å². The largest absolute Gasteiger partial charge is 0.367 e. The van der Waals surface area contributed by atoms with Crippen molar-refractivity contribution in [3.63, 3.8) is 0 Å². The first-order chi connectivity index (χ1) is 15.9. The summed E-state index contributed by atoms with van der Waals surface area (Å²) in [4.78, 5) is 32.9. The number of ketones is 1. The second-order valence-corrected chi connectivity index (χ2v) is 8.99. The van der Waals surface area contributed by atoms with Crippen molar-refractivity contribution in [2.24, 2.45) is 0 Å². The Hall–Kier alpha value is -2.77. The van der Waals surface area contributed by atoms with E-state index in [2.05, 4.69) is 41.0 Å². The van der Waals surface area contributed by atoms with E-state index in [9.17, 15) is 14.0 Å². The molecular weight excluding hydrogens is 419 g/mol. The smallest absolute Gasteiger partial charge is 0.236 e. The Bertz CT molecular complexity index is 968. The fourth-order valence-corrected chi connectivity index (χ4v) is 4.72. The van der Waals surface area contributed by atoms with Gasteiger partial charge in [0.25, 0.3) is 0 Å². The zero-order valence-corrected chi connectivity index (χ0v) is 19.5. The number of amides is 1. The molecule has 0 aromatic heterocycles. The molecule has 4 rings (SSSR count). The molecule has 2 fully saturated rings. The molecule has 2 heterocycles. The molecular formula is C26H33FN4O2. The van der Waals surface area contributed by atoms with Gasteiger partial charge in [0.2, 0.25) is 5.91 Å². The zero-order valence-electron chi connectivity index (χ0n) is 19.5. The van der Waals surface area contributed by atoms with E-state index in [1.807, 2.05) is 15.9 Å². The summed E-state index contributed by atoms with van der Waals surface area (Å²) >= 11 is 0. The highest BCUT2D eigenvalue weighted by Gasteiger charge is 2.27. The Morgan fingerprint density at radius 3 is 2.18 bits per heavy atom. The third kappa shape index (κ3) is 5.60. The number of benzene rings is 2. The highest BCUT2D eigenvalue weighted by Crippen LogP contribution is 2.23. The second kappa shape index (κ2) is 10.4. The molecule has 0 spiro atoms. The molecule has 6 nitrogen and oxygen atoms in total. The van der Waals surface area contributed by atoms with Gasteiger partial charge in [-0.15, -0.1) is 0 Å². The van der Waals surface area contributed by atoms with Crippen LogP contribution in [0.2, 0.25) is 0 Å². The molecule has 1 amide bonds. The number of halogens is 1. The predicted octanol–water partition coefficient (Wildman–Crippen LogP) is 3.06. The zero-order chi connectivity index (χ0) is 23.4. The number of nitrogens with zero attached hydrogens (tertiary/aromatic N) is 4. The van der Waals surface area contributed by atoms with E-state index in [4.69, 9.17) is 0 Å².